The summed E-state index contributed by atoms with van der Waals surface area (Å²) in [7, 11) is 0. The lowest BCUT2D eigenvalue weighted by Crippen LogP contribution is -2.37. The summed E-state index contributed by atoms with van der Waals surface area (Å²) < 4.78 is 33.9. The van der Waals surface area contributed by atoms with E-state index in [0.717, 1.165) is 0 Å². The summed E-state index contributed by atoms with van der Waals surface area (Å²) in [6.07, 6.45) is 0.439. The Labute approximate surface area is 164 Å². The topological polar surface area (TPSA) is 55.4 Å². The average Bonchev–Trinajstić information content (AvgIpc) is 2.49. The maximum absolute atomic E-state index is 5.83. The third-order valence-corrected chi connectivity index (χ3v) is 10.7. The fourth-order valence-corrected chi connectivity index (χ4v) is 9.10. The normalized spacial score (nSPS) is 24.7. The van der Waals surface area contributed by atoms with E-state index in [0.29, 0.717) is 46.1 Å². The van der Waals surface area contributed by atoms with E-state index in [-0.39, 0.29) is 11.5 Å². The molecule has 1 fully saturated rings. The van der Waals surface area contributed by atoms with Crippen LogP contribution >= 0.6 is 35.0 Å². The van der Waals surface area contributed by atoms with E-state index in [1.165, 1.54) is 11.4 Å². The van der Waals surface area contributed by atoms with Crippen molar-refractivity contribution in [2.75, 3.05) is 39.6 Å². The number of thiol groups is 1. The molecule has 1 aliphatic rings. The smallest absolute Gasteiger partial charge is 0.249 e. The first-order valence-electron chi connectivity index (χ1n) is 7.78. The van der Waals surface area contributed by atoms with E-state index in [1.807, 2.05) is 20.8 Å². The van der Waals surface area contributed by atoms with Gasteiger partial charge in [0.15, 0.2) is 0 Å². The molecular weight excluding hydrogens is 430 g/mol. The number of hydrogen-bond acceptors (Lipinski definition) is 9. The molecule has 0 aliphatic carbocycles. The second-order valence-electron chi connectivity index (χ2n) is 4.54. The Morgan fingerprint density at radius 3 is 2.17 bits per heavy atom. The van der Waals surface area contributed by atoms with Crippen molar-refractivity contribution in [1.29, 1.82) is 0 Å². The first kappa shape index (κ1) is 23.8. The molecule has 1 aliphatic heterocycles. The molecule has 6 nitrogen and oxygen atoms in total. The van der Waals surface area contributed by atoms with Crippen molar-refractivity contribution < 1.29 is 27.6 Å². The fourth-order valence-electron chi connectivity index (χ4n) is 1.89. The Balaban J connectivity index is 2.58. The highest BCUT2D eigenvalue weighted by Gasteiger charge is 2.34. The van der Waals surface area contributed by atoms with Crippen LogP contribution in [-0.2, 0) is 51.2 Å². The first-order chi connectivity index (χ1) is 11.4. The fraction of sp³-hybridized carbons (Fsp3) is 1.00. The van der Waals surface area contributed by atoms with Gasteiger partial charge in [-0.2, -0.15) is 0 Å². The minimum Gasteiger partial charge on any atom is -0.372 e. The number of ether oxygens (including phenoxy) is 2. The predicted octanol–water partition coefficient (Wildman–Crippen LogP) is 4.36. The summed E-state index contributed by atoms with van der Waals surface area (Å²) in [5, 5.41) is 0. The van der Waals surface area contributed by atoms with E-state index >= 15 is 0 Å². The van der Waals surface area contributed by atoms with Gasteiger partial charge in [0.25, 0.3) is 0 Å². The lowest BCUT2D eigenvalue weighted by atomic mass is 10.2. The Kier molecular flexibility index (Phi) is 12.2. The minimum atomic E-state index is -2.48. The van der Waals surface area contributed by atoms with Gasteiger partial charge in [0.05, 0.1) is 45.7 Å². The van der Waals surface area contributed by atoms with Crippen LogP contribution < -0.4 is 0 Å². The molecule has 12 heteroatoms. The van der Waals surface area contributed by atoms with E-state index in [1.54, 1.807) is 0 Å². The third kappa shape index (κ3) is 9.11. The maximum atomic E-state index is 5.83. The summed E-state index contributed by atoms with van der Waals surface area (Å²) in [5.74, 6) is 0. The molecule has 0 amide bonds. The van der Waals surface area contributed by atoms with Crippen LogP contribution in [0.15, 0.2) is 0 Å². The zero-order valence-electron chi connectivity index (χ0n) is 14.1. The highest BCUT2D eigenvalue weighted by atomic mass is 32.9. The molecular formula is C12H26O6P2S4. The lowest BCUT2D eigenvalue weighted by Gasteiger charge is -2.34. The van der Waals surface area contributed by atoms with Crippen LogP contribution in [0.3, 0.4) is 0 Å². The lowest BCUT2D eigenvalue weighted by molar-refractivity contribution is -0.108. The van der Waals surface area contributed by atoms with E-state index in [2.05, 4.69) is 12.2 Å². The van der Waals surface area contributed by atoms with Crippen LogP contribution in [0.25, 0.3) is 0 Å². The van der Waals surface area contributed by atoms with E-state index in [4.69, 9.17) is 51.2 Å². The van der Waals surface area contributed by atoms with Gasteiger partial charge in [0, 0.05) is 6.42 Å². The van der Waals surface area contributed by atoms with Crippen LogP contribution in [0.1, 0.15) is 27.2 Å². The quantitative estimate of drug-likeness (QED) is 0.341. The van der Waals surface area contributed by atoms with Crippen molar-refractivity contribution in [3.63, 3.8) is 0 Å². The Morgan fingerprint density at radius 1 is 1.00 bits per heavy atom. The van der Waals surface area contributed by atoms with Crippen LogP contribution in [0.4, 0.5) is 0 Å². The zero-order chi connectivity index (χ0) is 18.1. The van der Waals surface area contributed by atoms with E-state index < -0.39 is 11.4 Å². The molecule has 144 valence electrons. The minimum absolute atomic E-state index is 0.169. The molecule has 24 heavy (non-hydrogen) atoms. The second-order valence-corrected chi connectivity index (χ2v) is 16.1. The van der Waals surface area contributed by atoms with Crippen LogP contribution in [0.5, 0.6) is 0 Å². The number of rotatable bonds is 12. The summed E-state index contributed by atoms with van der Waals surface area (Å²) in [6, 6.07) is 0. The molecule has 3 atom stereocenters. The molecule has 0 spiro atoms. The van der Waals surface area contributed by atoms with Crippen molar-refractivity contribution in [3.8, 4) is 0 Å². The summed E-state index contributed by atoms with van der Waals surface area (Å²) >= 11 is 16.4. The molecule has 1 rings (SSSR count). The van der Waals surface area contributed by atoms with Crippen LogP contribution in [0.2, 0.25) is 0 Å². The summed E-state index contributed by atoms with van der Waals surface area (Å²) in [5.41, 5.74) is -5.18. The maximum Gasteiger partial charge on any atom is 0.249 e. The van der Waals surface area contributed by atoms with Gasteiger partial charge < -0.3 is 27.6 Å². The van der Waals surface area contributed by atoms with Crippen molar-refractivity contribution in [3.05, 3.63) is 0 Å². The van der Waals surface area contributed by atoms with Crippen molar-refractivity contribution in [2.24, 2.45) is 0 Å². The van der Waals surface area contributed by atoms with Gasteiger partial charge in [0.2, 0.25) is 11.4 Å². The SMILES string of the molecule is CCOP(=S)(S)OCCC1OCCOC1SP(=S)(OCC)OCC. The molecule has 0 saturated carbocycles. The Morgan fingerprint density at radius 2 is 1.58 bits per heavy atom. The molecule has 3 unspecified atom stereocenters. The third-order valence-electron chi connectivity index (χ3n) is 2.76. The van der Waals surface area contributed by atoms with Crippen molar-refractivity contribution >= 4 is 58.6 Å². The monoisotopic (exact) mass is 456 g/mol. The average molecular weight is 457 g/mol. The molecule has 1 heterocycles. The predicted molar refractivity (Wildman–Crippen MR) is 110 cm³/mol. The highest BCUT2D eigenvalue weighted by Crippen LogP contribution is 2.63. The summed E-state index contributed by atoms with van der Waals surface area (Å²) in [6.45, 7) is 8.59. The van der Waals surface area contributed by atoms with Crippen molar-refractivity contribution in [1.82, 2.24) is 0 Å². The second kappa shape index (κ2) is 12.3. The Bertz CT molecular complexity index is 445. The summed E-state index contributed by atoms with van der Waals surface area (Å²) in [4.78, 5) is 0. The molecule has 1 saturated heterocycles. The molecule has 0 aromatic rings. The Hall–Kier alpha value is 1.76. The van der Waals surface area contributed by atoms with Gasteiger partial charge in [-0.3, -0.25) is 0 Å². The molecule has 0 aromatic carbocycles. The molecule has 0 aromatic heterocycles. The molecule has 0 N–H and O–H groups in total. The number of hydrogen-bond donors (Lipinski definition) is 1. The van der Waals surface area contributed by atoms with Gasteiger partial charge in [-0.25, -0.2) is 0 Å². The van der Waals surface area contributed by atoms with Crippen LogP contribution in [0, 0.1) is 0 Å². The largest absolute Gasteiger partial charge is 0.372 e. The van der Waals surface area contributed by atoms with Crippen molar-refractivity contribution in [2.45, 2.75) is 38.7 Å². The van der Waals surface area contributed by atoms with E-state index in [9.17, 15) is 0 Å². The molecule has 0 bridgehead atoms. The van der Waals surface area contributed by atoms with Gasteiger partial charge in [-0.15, -0.1) is 0 Å². The molecule has 0 radical (unpaired) electrons. The standard InChI is InChI=1S/C12H26O6P2S4/c1-4-15-19(21,22)18-8-7-11-12(14-10-9-13-11)24-20(23,16-5-2)17-6-3/h11-12H,4-10H2,1-3H3,(H,21,22). The highest BCUT2D eigenvalue weighted by molar-refractivity contribution is 8.68. The van der Waals surface area contributed by atoms with Gasteiger partial charge in [-0.05, 0) is 55.8 Å². The van der Waals surface area contributed by atoms with Gasteiger partial charge in [0.1, 0.15) is 5.44 Å². The first-order valence-corrected chi connectivity index (χ1v) is 15.7. The van der Waals surface area contributed by atoms with Gasteiger partial charge in [-0.1, -0.05) is 12.2 Å². The van der Waals surface area contributed by atoms with Crippen LogP contribution in [-0.4, -0.2) is 51.2 Å². The van der Waals surface area contributed by atoms with Gasteiger partial charge >= 0.3 is 0 Å². The zero-order valence-corrected chi connectivity index (χ0v) is 19.3.